The summed E-state index contributed by atoms with van der Waals surface area (Å²) in [4.78, 5) is 2.43. The standard InChI is InChI=1S/C12H23N3O2/c1-15(10-2-6-17-7-3-10)9-12(4-5-12)8-11(13)14-16/h10,16H,2-9H2,1H3,(H2,13,14). The summed E-state index contributed by atoms with van der Waals surface area (Å²) in [7, 11) is 2.18. The molecule has 1 heterocycles. The number of hydrogen-bond acceptors (Lipinski definition) is 4. The fourth-order valence-electron chi connectivity index (χ4n) is 2.77. The normalized spacial score (nSPS) is 25.2. The van der Waals surface area contributed by atoms with Crippen molar-refractivity contribution in [3.63, 3.8) is 0 Å². The molecule has 5 nitrogen and oxygen atoms in total. The third-order valence-corrected chi connectivity index (χ3v) is 4.04. The minimum atomic E-state index is 0.267. The third kappa shape index (κ3) is 3.33. The van der Waals surface area contributed by atoms with Gasteiger partial charge in [0.15, 0.2) is 0 Å². The Kier molecular flexibility index (Phi) is 3.89. The molecule has 98 valence electrons. The van der Waals surface area contributed by atoms with E-state index >= 15 is 0 Å². The van der Waals surface area contributed by atoms with Gasteiger partial charge in [0.05, 0.1) is 0 Å². The van der Waals surface area contributed by atoms with Gasteiger partial charge in [0, 0.05) is 32.2 Å². The van der Waals surface area contributed by atoms with Crippen molar-refractivity contribution in [1.82, 2.24) is 4.90 Å². The second-order valence-electron chi connectivity index (χ2n) is 5.53. The Balaban J connectivity index is 1.83. The molecular formula is C12H23N3O2. The molecule has 0 atom stereocenters. The van der Waals surface area contributed by atoms with Crippen LogP contribution in [0.3, 0.4) is 0 Å². The molecule has 0 amide bonds. The summed E-state index contributed by atoms with van der Waals surface area (Å²) < 4.78 is 5.38. The van der Waals surface area contributed by atoms with Crippen LogP contribution in [-0.2, 0) is 4.74 Å². The van der Waals surface area contributed by atoms with Gasteiger partial charge in [-0.3, -0.25) is 0 Å². The number of nitrogens with zero attached hydrogens (tertiary/aromatic N) is 2. The monoisotopic (exact) mass is 241 g/mol. The van der Waals surface area contributed by atoms with E-state index in [2.05, 4.69) is 17.1 Å². The molecule has 0 aromatic heterocycles. The Hall–Kier alpha value is -0.810. The molecule has 1 aliphatic carbocycles. The zero-order valence-electron chi connectivity index (χ0n) is 10.6. The molecule has 0 aromatic rings. The highest BCUT2D eigenvalue weighted by Crippen LogP contribution is 2.49. The molecule has 2 aliphatic rings. The molecule has 1 saturated carbocycles. The molecule has 17 heavy (non-hydrogen) atoms. The Morgan fingerprint density at radius 2 is 2.12 bits per heavy atom. The predicted molar refractivity (Wildman–Crippen MR) is 66.2 cm³/mol. The Labute approximate surface area is 103 Å². The largest absolute Gasteiger partial charge is 0.409 e. The number of rotatable bonds is 5. The average Bonchev–Trinajstić information content (AvgIpc) is 3.09. The average molecular weight is 241 g/mol. The van der Waals surface area contributed by atoms with E-state index < -0.39 is 0 Å². The van der Waals surface area contributed by atoms with Crippen molar-refractivity contribution in [3.8, 4) is 0 Å². The number of nitrogens with two attached hydrogens (primary N) is 1. The molecule has 2 fully saturated rings. The first-order valence-electron chi connectivity index (χ1n) is 6.40. The van der Waals surface area contributed by atoms with Crippen molar-refractivity contribution in [2.24, 2.45) is 16.3 Å². The zero-order chi connectivity index (χ0) is 12.3. The fourth-order valence-corrected chi connectivity index (χ4v) is 2.77. The first-order valence-corrected chi connectivity index (χ1v) is 6.40. The molecule has 0 spiro atoms. The van der Waals surface area contributed by atoms with Crippen LogP contribution in [0.5, 0.6) is 0 Å². The summed E-state index contributed by atoms with van der Waals surface area (Å²) in [5.41, 5.74) is 5.88. The molecule has 0 radical (unpaired) electrons. The zero-order valence-corrected chi connectivity index (χ0v) is 10.6. The van der Waals surface area contributed by atoms with Crippen LogP contribution in [0.25, 0.3) is 0 Å². The first-order chi connectivity index (χ1) is 8.15. The van der Waals surface area contributed by atoms with Crippen molar-refractivity contribution < 1.29 is 9.94 Å². The summed E-state index contributed by atoms with van der Waals surface area (Å²) in [6.45, 7) is 2.80. The topological polar surface area (TPSA) is 71.1 Å². The highest BCUT2D eigenvalue weighted by Gasteiger charge is 2.44. The SMILES string of the molecule is CN(CC1(CC(N)=NO)CC1)C1CCOCC1. The predicted octanol–water partition coefficient (Wildman–Crippen LogP) is 1.01. The van der Waals surface area contributed by atoms with Crippen LogP contribution >= 0.6 is 0 Å². The third-order valence-electron chi connectivity index (χ3n) is 4.04. The smallest absolute Gasteiger partial charge is 0.139 e. The Morgan fingerprint density at radius 1 is 1.47 bits per heavy atom. The maximum absolute atomic E-state index is 8.64. The first kappa shape index (κ1) is 12.6. The second-order valence-corrected chi connectivity index (χ2v) is 5.53. The number of oxime groups is 1. The quantitative estimate of drug-likeness (QED) is 0.326. The molecule has 1 saturated heterocycles. The van der Waals surface area contributed by atoms with Gasteiger partial charge in [-0.1, -0.05) is 5.16 Å². The molecule has 0 unspecified atom stereocenters. The number of hydrogen-bond donors (Lipinski definition) is 2. The van der Waals surface area contributed by atoms with Gasteiger partial charge in [-0.15, -0.1) is 0 Å². The van der Waals surface area contributed by atoms with Crippen LogP contribution < -0.4 is 5.73 Å². The second kappa shape index (κ2) is 5.23. The van der Waals surface area contributed by atoms with Gasteiger partial charge in [-0.05, 0) is 38.1 Å². The molecule has 5 heteroatoms. The lowest BCUT2D eigenvalue weighted by Gasteiger charge is -2.33. The molecular weight excluding hydrogens is 218 g/mol. The van der Waals surface area contributed by atoms with Gasteiger partial charge in [0.2, 0.25) is 0 Å². The van der Waals surface area contributed by atoms with E-state index in [0.717, 1.165) is 39.0 Å². The summed E-state index contributed by atoms with van der Waals surface area (Å²) in [5, 5.41) is 11.7. The minimum absolute atomic E-state index is 0.267. The number of ether oxygens (including phenoxy) is 1. The van der Waals surface area contributed by atoms with Crippen LogP contribution in [-0.4, -0.2) is 48.8 Å². The lowest BCUT2D eigenvalue weighted by atomic mass is 9.99. The van der Waals surface area contributed by atoms with E-state index in [0.29, 0.717) is 11.9 Å². The van der Waals surface area contributed by atoms with Crippen molar-refractivity contribution in [3.05, 3.63) is 0 Å². The minimum Gasteiger partial charge on any atom is -0.409 e. The Bertz CT molecular complexity index is 283. The van der Waals surface area contributed by atoms with E-state index in [1.165, 1.54) is 12.8 Å². The van der Waals surface area contributed by atoms with Crippen molar-refractivity contribution in [2.75, 3.05) is 26.8 Å². The van der Waals surface area contributed by atoms with Crippen LogP contribution in [0.2, 0.25) is 0 Å². The lowest BCUT2D eigenvalue weighted by Crippen LogP contribution is -2.40. The maximum atomic E-state index is 8.64. The van der Waals surface area contributed by atoms with Crippen LogP contribution in [0.15, 0.2) is 5.16 Å². The molecule has 0 aromatic carbocycles. The van der Waals surface area contributed by atoms with Crippen molar-refractivity contribution in [2.45, 2.75) is 38.1 Å². The fraction of sp³-hybridized carbons (Fsp3) is 0.917. The van der Waals surface area contributed by atoms with Crippen LogP contribution in [0, 0.1) is 5.41 Å². The lowest BCUT2D eigenvalue weighted by molar-refractivity contribution is 0.0370. The summed E-state index contributed by atoms with van der Waals surface area (Å²) >= 11 is 0. The van der Waals surface area contributed by atoms with Gasteiger partial charge < -0.3 is 20.6 Å². The van der Waals surface area contributed by atoms with Gasteiger partial charge in [-0.2, -0.15) is 0 Å². The van der Waals surface area contributed by atoms with Crippen LogP contribution in [0.1, 0.15) is 32.1 Å². The highest BCUT2D eigenvalue weighted by molar-refractivity contribution is 5.80. The van der Waals surface area contributed by atoms with Gasteiger partial charge >= 0.3 is 0 Å². The van der Waals surface area contributed by atoms with E-state index in [-0.39, 0.29) is 5.41 Å². The molecule has 1 aliphatic heterocycles. The molecule has 3 N–H and O–H groups in total. The van der Waals surface area contributed by atoms with Crippen molar-refractivity contribution in [1.29, 1.82) is 0 Å². The van der Waals surface area contributed by atoms with E-state index in [4.69, 9.17) is 15.7 Å². The summed E-state index contributed by atoms with van der Waals surface area (Å²) in [5.74, 6) is 0.364. The summed E-state index contributed by atoms with van der Waals surface area (Å²) in [6, 6.07) is 0.633. The van der Waals surface area contributed by atoms with E-state index in [1.807, 2.05) is 0 Å². The van der Waals surface area contributed by atoms with Gasteiger partial charge in [0.25, 0.3) is 0 Å². The van der Waals surface area contributed by atoms with E-state index in [9.17, 15) is 0 Å². The maximum Gasteiger partial charge on any atom is 0.139 e. The van der Waals surface area contributed by atoms with Gasteiger partial charge in [0.1, 0.15) is 5.84 Å². The number of amidine groups is 1. The molecule has 0 bridgehead atoms. The molecule has 2 rings (SSSR count). The summed E-state index contributed by atoms with van der Waals surface area (Å²) in [6.07, 6.45) is 5.34. The van der Waals surface area contributed by atoms with E-state index in [1.54, 1.807) is 0 Å². The van der Waals surface area contributed by atoms with Gasteiger partial charge in [-0.25, -0.2) is 0 Å². The highest BCUT2D eigenvalue weighted by atomic mass is 16.5. The van der Waals surface area contributed by atoms with Crippen LogP contribution in [0.4, 0.5) is 0 Å². The van der Waals surface area contributed by atoms with Crippen molar-refractivity contribution >= 4 is 5.84 Å². The Morgan fingerprint density at radius 3 is 2.65 bits per heavy atom.